The zero-order valence-electron chi connectivity index (χ0n) is 18.8. The lowest BCUT2D eigenvalue weighted by atomic mass is 10.1. The molecule has 2 heterocycles. The molecule has 2 fully saturated rings. The summed E-state index contributed by atoms with van der Waals surface area (Å²) in [7, 11) is -0.789. The molecular weight excluding hydrogens is 444 g/mol. The monoisotopic (exact) mass is 472 g/mol. The Kier molecular flexibility index (Phi) is 6.68. The van der Waals surface area contributed by atoms with Gasteiger partial charge in [-0.05, 0) is 48.9 Å². The van der Waals surface area contributed by atoms with Crippen LogP contribution in [-0.4, -0.2) is 71.5 Å². The van der Waals surface area contributed by atoms with Gasteiger partial charge in [-0.3, -0.25) is 9.59 Å². The van der Waals surface area contributed by atoms with Crippen LogP contribution in [0.4, 0.5) is 17.1 Å². The fourth-order valence-electron chi connectivity index (χ4n) is 3.99. The lowest BCUT2D eigenvalue weighted by Gasteiger charge is -2.30. The van der Waals surface area contributed by atoms with Gasteiger partial charge in [0.15, 0.2) is 0 Å². The number of carbonyl (C=O) groups excluding carboxylic acids is 2. The minimum atomic E-state index is -3.70. The number of hydrogen-bond donors (Lipinski definition) is 1. The van der Waals surface area contributed by atoms with E-state index in [0.29, 0.717) is 50.6 Å². The molecule has 176 valence electrons. The van der Waals surface area contributed by atoms with Crippen LogP contribution in [0.5, 0.6) is 0 Å². The molecule has 1 N–H and O–H groups in total. The average molecular weight is 473 g/mol. The zero-order valence-corrected chi connectivity index (χ0v) is 19.6. The van der Waals surface area contributed by atoms with Crippen molar-refractivity contribution in [2.45, 2.75) is 17.7 Å². The second kappa shape index (κ2) is 9.50. The highest BCUT2D eigenvalue weighted by Gasteiger charge is 2.25. The van der Waals surface area contributed by atoms with E-state index in [1.54, 1.807) is 35.2 Å². The van der Waals surface area contributed by atoms with Crippen LogP contribution in [0.2, 0.25) is 0 Å². The van der Waals surface area contributed by atoms with Crippen molar-refractivity contribution in [3.63, 3.8) is 0 Å². The topological polar surface area (TPSA) is 99.3 Å². The summed E-state index contributed by atoms with van der Waals surface area (Å²) in [6.45, 7) is 2.99. The molecule has 2 saturated heterocycles. The van der Waals surface area contributed by atoms with E-state index < -0.39 is 15.9 Å². The van der Waals surface area contributed by atoms with Crippen molar-refractivity contribution in [3.05, 3.63) is 48.0 Å². The van der Waals surface area contributed by atoms with Crippen LogP contribution in [0.1, 0.15) is 23.2 Å². The van der Waals surface area contributed by atoms with E-state index in [1.807, 2.05) is 4.90 Å². The van der Waals surface area contributed by atoms with Crippen LogP contribution in [0.15, 0.2) is 47.4 Å². The van der Waals surface area contributed by atoms with Crippen molar-refractivity contribution in [3.8, 4) is 0 Å². The van der Waals surface area contributed by atoms with E-state index in [9.17, 15) is 18.0 Å². The van der Waals surface area contributed by atoms with Crippen LogP contribution in [-0.2, 0) is 19.6 Å². The number of nitrogens with one attached hydrogen (secondary N) is 1. The standard InChI is InChI=1S/C23H28N4O5S/c1-25(2)33(30,31)19-9-10-21(26-12-14-32-15-13-26)20(16-19)23(29)24-17-5-7-18(8-6-17)27-11-3-4-22(27)28/h5-10,16H,3-4,11-15H2,1-2H3,(H,24,29). The fourth-order valence-corrected chi connectivity index (χ4v) is 4.92. The van der Waals surface area contributed by atoms with Gasteiger partial charge < -0.3 is 19.9 Å². The number of anilines is 3. The van der Waals surface area contributed by atoms with Gasteiger partial charge in [-0.2, -0.15) is 0 Å². The van der Waals surface area contributed by atoms with E-state index in [4.69, 9.17) is 4.74 Å². The molecule has 2 aliphatic rings. The summed E-state index contributed by atoms with van der Waals surface area (Å²) >= 11 is 0. The first-order valence-corrected chi connectivity index (χ1v) is 12.3. The number of hydrogen-bond acceptors (Lipinski definition) is 6. The Hall–Kier alpha value is -2.95. The number of carbonyl (C=O) groups is 2. The molecule has 0 radical (unpaired) electrons. The number of sulfonamides is 1. The SMILES string of the molecule is CN(C)S(=O)(=O)c1ccc(N2CCOCC2)c(C(=O)Nc2ccc(N3CCCC3=O)cc2)c1. The first-order chi connectivity index (χ1) is 15.8. The molecule has 2 aliphatic heterocycles. The summed E-state index contributed by atoms with van der Waals surface area (Å²) < 4.78 is 31.9. The summed E-state index contributed by atoms with van der Waals surface area (Å²) in [5.41, 5.74) is 2.29. The van der Waals surface area contributed by atoms with Gasteiger partial charge in [0.2, 0.25) is 15.9 Å². The van der Waals surface area contributed by atoms with Crippen LogP contribution in [0, 0.1) is 0 Å². The molecule has 0 aliphatic carbocycles. The third-order valence-electron chi connectivity index (χ3n) is 5.85. The summed E-state index contributed by atoms with van der Waals surface area (Å²) in [6, 6.07) is 11.7. The van der Waals surface area contributed by atoms with Gasteiger partial charge in [-0.25, -0.2) is 12.7 Å². The van der Waals surface area contributed by atoms with Crippen LogP contribution in [0.25, 0.3) is 0 Å². The molecule has 10 heteroatoms. The number of ether oxygens (including phenoxy) is 1. The molecule has 33 heavy (non-hydrogen) atoms. The van der Waals surface area contributed by atoms with Gasteiger partial charge in [0.1, 0.15) is 0 Å². The molecule has 2 aromatic carbocycles. The molecule has 0 unspecified atom stereocenters. The molecular formula is C23H28N4O5S. The van der Waals surface area contributed by atoms with E-state index in [0.717, 1.165) is 16.4 Å². The Morgan fingerprint density at radius 3 is 2.33 bits per heavy atom. The highest BCUT2D eigenvalue weighted by molar-refractivity contribution is 7.89. The molecule has 4 rings (SSSR count). The number of amides is 2. The highest BCUT2D eigenvalue weighted by Crippen LogP contribution is 2.28. The molecule has 0 bridgehead atoms. The number of rotatable bonds is 6. The van der Waals surface area contributed by atoms with Crippen LogP contribution >= 0.6 is 0 Å². The minimum absolute atomic E-state index is 0.0533. The smallest absolute Gasteiger partial charge is 0.257 e. The lowest BCUT2D eigenvalue weighted by molar-refractivity contribution is -0.117. The molecule has 0 aromatic heterocycles. The summed E-state index contributed by atoms with van der Waals surface area (Å²) in [5, 5.41) is 2.87. The Balaban J connectivity index is 1.62. The van der Waals surface area contributed by atoms with E-state index in [2.05, 4.69) is 5.32 Å². The molecule has 2 amide bonds. The second-order valence-electron chi connectivity index (χ2n) is 8.22. The predicted octanol–water partition coefficient (Wildman–Crippen LogP) is 2.15. The largest absolute Gasteiger partial charge is 0.378 e. The maximum Gasteiger partial charge on any atom is 0.257 e. The first kappa shape index (κ1) is 23.2. The molecule has 9 nitrogen and oxygen atoms in total. The van der Waals surface area contributed by atoms with Crippen molar-refractivity contribution in [1.82, 2.24) is 4.31 Å². The van der Waals surface area contributed by atoms with Gasteiger partial charge in [-0.1, -0.05) is 0 Å². The van der Waals surface area contributed by atoms with Gasteiger partial charge in [0, 0.05) is 57.2 Å². The van der Waals surface area contributed by atoms with Gasteiger partial charge in [0.25, 0.3) is 5.91 Å². The Morgan fingerprint density at radius 1 is 1.03 bits per heavy atom. The quantitative estimate of drug-likeness (QED) is 0.692. The maximum atomic E-state index is 13.3. The zero-order chi connectivity index (χ0) is 23.6. The van der Waals surface area contributed by atoms with Gasteiger partial charge >= 0.3 is 0 Å². The van der Waals surface area contributed by atoms with Crippen molar-refractivity contribution in [1.29, 1.82) is 0 Å². The highest BCUT2D eigenvalue weighted by atomic mass is 32.2. The molecule has 0 spiro atoms. The van der Waals surface area contributed by atoms with Crippen molar-refractivity contribution < 1.29 is 22.7 Å². The summed E-state index contributed by atoms with van der Waals surface area (Å²) in [6.07, 6.45) is 1.39. The summed E-state index contributed by atoms with van der Waals surface area (Å²) in [4.78, 5) is 29.0. The minimum Gasteiger partial charge on any atom is -0.378 e. The third-order valence-corrected chi connectivity index (χ3v) is 7.66. The predicted molar refractivity (Wildman–Crippen MR) is 126 cm³/mol. The Bertz CT molecular complexity index is 1140. The maximum absolute atomic E-state index is 13.3. The number of benzene rings is 2. The molecule has 2 aromatic rings. The lowest BCUT2D eigenvalue weighted by Crippen LogP contribution is -2.37. The van der Waals surface area contributed by atoms with Crippen molar-refractivity contribution >= 4 is 38.9 Å². The fraction of sp³-hybridized carbons (Fsp3) is 0.391. The van der Waals surface area contributed by atoms with Crippen LogP contribution in [0.3, 0.4) is 0 Å². The van der Waals surface area contributed by atoms with Gasteiger partial charge in [-0.15, -0.1) is 0 Å². The van der Waals surface area contributed by atoms with E-state index in [-0.39, 0.29) is 16.4 Å². The second-order valence-corrected chi connectivity index (χ2v) is 10.4. The normalized spacial score (nSPS) is 17.0. The number of nitrogens with zero attached hydrogens (tertiary/aromatic N) is 3. The Labute approximate surface area is 194 Å². The first-order valence-electron chi connectivity index (χ1n) is 10.9. The van der Waals surface area contributed by atoms with Crippen molar-refractivity contribution in [2.75, 3.05) is 62.1 Å². The van der Waals surface area contributed by atoms with Crippen molar-refractivity contribution in [2.24, 2.45) is 0 Å². The molecule has 0 saturated carbocycles. The van der Waals surface area contributed by atoms with Crippen LogP contribution < -0.4 is 15.1 Å². The van der Waals surface area contributed by atoms with Gasteiger partial charge in [0.05, 0.1) is 23.7 Å². The third kappa shape index (κ3) is 4.87. The number of morpholine rings is 1. The average Bonchev–Trinajstić information content (AvgIpc) is 3.25. The van der Waals surface area contributed by atoms with E-state index in [1.165, 1.54) is 26.2 Å². The Morgan fingerprint density at radius 2 is 1.73 bits per heavy atom. The molecule has 0 atom stereocenters. The summed E-state index contributed by atoms with van der Waals surface area (Å²) in [5.74, 6) is -0.307. The van der Waals surface area contributed by atoms with E-state index >= 15 is 0 Å².